The maximum atomic E-state index is 10.2. The molecule has 2 atom stereocenters. The molecule has 3 rings (SSSR count). The molecule has 0 radical (unpaired) electrons. The Morgan fingerprint density at radius 3 is 2.67 bits per heavy atom. The number of hydrogen-bond acceptors (Lipinski definition) is 4. The zero-order valence-corrected chi connectivity index (χ0v) is 13.1. The number of phenolic OH excluding ortho intramolecular Hbond substituents is 1. The lowest BCUT2D eigenvalue weighted by molar-refractivity contribution is 0.206. The topological polar surface area (TPSA) is 35.9 Å². The first-order valence-corrected chi connectivity index (χ1v) is 8.04. The van der Waals surface area contributed by atoms with Crippen molar-refractivity contribution in [2.24, 2.45) is 0 Å². The van der Waals surface area contributed by atoms with Gasteiger partial charge in [-0.1, -0.05) is 6.07 Å². The summed E-state index contributed by atoms with van der Waals surface area (Å²) in [5.74, 6) is 1.05. The molecule has 0 spiro atoms. The molecule has 2 saturated heterocycles. The lowest BCUT2D eigenvalue weighted by Crippen LogP contribution is -2.35. The van der Waals surface area contributed by atoms with E-state index in [1.165, 1.54) is 32.4 Å². The number of phenols is 1. The van der Waals surface area contributed by atoms with Crippen molar-refractivity contribution in [1.29, 1.82) is 0 Å². The first kappa shape index (κ1) is 14.7. The molecule has 21 heavy (non-hydrogen) atoms. The third-order valence-electron chi connectivity index (χ3n) is 5.09. The number of methoxy groups -OCH3 is 1. The van der Waals surface area contributed by atoms with Crippen LogP contribution in [0.15, 0.2) is 18.2 Å². The first-order valence-electron chi connectivity index (χ1n) is 8.04. The minimum absolute atomic E-state index is 0.253. The van der Waals surface area contributed by atoms with Gasteiger partial charge in [-0.3, -0.25) is 9.80 Å². The third kappa shape index (κ3) is 3.01. The van der Waals surface area contributed by atoms with Crippen LogP contribution >= 0.6 is 0 Å². The number of likely N-dealkylation sites (tertiary alicyclic amines) is 2. The summed E-state index contributed by atoms with van der Waals surface area (Å²) in [6.45, 7) is 6.95. The fourth-order valence-electron chi connectivity index (χ4n) is 3.73. The van der Waals surface area contributed by atoms with Gasteiger partial charge in [-0.25, -0.2) is 0 Å². The number of hydrogen-bond donors (Lipinski definition) is 1. The van der Waals surface area contributed by atoms with Crippen LogP contribution in [0.3, 0.4) is 0 Å². The Kier molecular flexibility index (Phi) is 4.36. The second kappa shape index (κ2) is 6.24. The van der Waals surface area contributed by atoms with Crippen molar-refractivity contribution in [3.05, 3.63) is 23.8 Å². The van der Waals surface area contributed by atoms with Gasteiger partial charge in [-0.05, 0) is 45.3 Å². The molecule has 1 aromatic rings. The van der Waals surface area contributed by atoms with Gasteiger partial charge >= 0.3 is 0 Å². The smallest absolute Gasteiger partial charge is 0.124 e. The summed E-state index contributed by atoms with van der Waals surface area (Å²) >= 11 is 0. The molecule has 0 amide bonds. The van der Waals surface area contributed by atoms with E-state index in [9.17, 15) is 5.11 Å². The van der Waals surface area contributed by atoms with E-state index < -0.39 is 0 Å². The highest BCUT2D eigenvalue weighted by atomic mass is 16.5. The monoisotopic (exact) mass is 290 g/mol. The normalized spacial score (nSPS) is 25.3. The summed E-state index contributed by atoms with van der Waals surface area (Å²) in [6, 6.07) is 6.58. The van der Waals surface area contributed by atoms with Crippen LogP contribution in [0.4, 0.5) is 0 Å². The van der Waals surface area contributed by atoms with Gasteiger partial charge in [-0.2, -0.15) is 0 Å². The summed E-state index contributed by atoms with van der Waals surface area (Å²) in [4.78, 5) is 5.13. The quantitative estimate of drug-likeness (QED) is 0.925. The van der Waals surface area contributed by atoms with Crippen LogP contribution < -0.4 is 4.74 Å². The van der Waals surface area contributed by atoms with Crippen LogP contribution in [0.25, 0.3) is 0 Å². The molecule has 2 fully saturated rings. The molecule has 1 N–H and O–H groups in total. The standard InChI is InChI=1S/C17H26N2O2/c1-13(16-6-5-15(21-2)11-17(16)20)19-10-7-14(12-19)18-8-3-4-9-18/h5-6,11,13-14,20H,3-4,7-10,12H2,1-2H3. The van der Waals surface area contributed by atoms with Crippen molar-refractivity contribution >= 4 is 0 Å². The fraction of sp³-hybridized carbons (Fsp3) is 0.647. The molecule has 1 aromatic carbocycles. The maximum Gasteiger partial charge on any atom is 0.124 e. The molecule has 0 aliphatic carbocycles. The van der Waals surface area contributed by atoms with Crippen LogP contribution in [-0.2, 0) is 0 Å². The molecule has 0 bridgehead atoms. The molecular weight excluding hydrogens is 264 g/mol. The van der Waals surface area contributed by atoms with Crippen molar-refractivity contribution in [2.75, 3.05) is 33.3 Å². The van der Waals surface area contributed by atoms with Gasteiger partial charge in [0.2, 0.25) is 0 Å². The minimum Gasteiger partial charge on any atom is -0.507 e. The van der Waals surface area contributed by atoms with Crippen LogP contribution in [0, 0.1) is 0 Å². The zero-order valence-electron chi connectivity index (χ0n) is 13.1. The summed E-state index contributed by atoms with van der Waals surface area (Å²) in [6.07, 6.45) is 3.96. The molecule has 2 aliphatic rings. The van der Waals surface area contributed by atoms with E-state index in [2.05, 4.69) is 16.7 Å². The molecule has 2 heterocycles. The second-order valence-electron chi connectivity index (χ2n) is 6.28. The molecule has 0 saturated carbocycles. The lowest BCUT2D eigenvalue weighted by Gasteiger charge is -2.27. The second-order valence-corrected chi connectivity index (χ2v) is 6.28. The highest BCUT2D eigenvalue weighted by molar-refractivity contribution is 5.41. The molecule has 2 unspecified atom stereocenters. The minimum atomic E-state index is 0.253. The Balaban J connectivity index is 1.66. The van der Waals surface area contributed by atoms with Crippen molar-refractivity contribution in [2.45, 2.75) is 38.3 Å². The number of ether oxygens (including phenoxy) is 1. The summed E-state index contributed by atoms with van der Waals surface area (Å²) in [5.41, 5.74) is 0.998. The lowest BCUT2D eigenvalue weighted by atomic mass is 10.1. The van der Waals surface area contributed by atoms with E-state index in [-0.39, 0.29) is 6.04 Å². The molecule has 4 heteroatoms. The SMILES string of the molecule is COc1ccc(C(C)N2CCC(N3CCCC3)C2)c(O)c1. The number of rotatable bonds is 4. The Bertz CT molecular complexity index is 486. The van der Waals surface area contributed by atoms with Gasteiger partial charge in [-0.15, -0.1) is 0 Å². The summed E-state index contributed by atoms with van der Waals surface area (Å²) < 4.78 is 5.16. The largest absolute Gasteiger partial charge is 0.507 e. The summed E-state index contributed by atoms with van der Waals surface area (Å²) in [7, 11) is 1.62. The van der Waals surface area contributed by atoms with Crippen molar-refractivity contribution in [1.82, 2.24) is 9.80 Å². The predicted molar refractivity (Wildman–Crippen MR) is 83.9 cm³/mol. The van der Waals surface area contributed by atoms with Gasteiger partial charge < -0.3 is 9.84 Å². The Morgan fingerprint density at radius 2 is 2.00 bits per heavy atom. The number of nitrogens with zero attached hydrogens (tertiary/aromatic N) is 2. The van der Waals surface area contributed by atoms with Crippen LogP contribution in [0.1, 0.15) is 37.8 Å². The number of aromatic hydroxyl groups is 1. The maximum absolute atomic E-state index is 10.2. The van der Waals surface area contributed by atoms with Gasteiger partial charge in [0.05, 0.1) is 7.11 Å². The first-order chi connectivity index (χ1) is 10.2. The molecule has 0 aromatic heterocycles. The van der Waals surface area contributed by atoms with Crippen molar-refractivity contribution in [3.63, 3.8) is 0 Å². The van der Waals surface area contributed by atoms with Gasteiger partial charge in [0.1, 0.15) is 11.5 Å². The predicted octanol–water partition coefficient (Wildman–Crippen LogP) is 2.63. The van der Waals surface area contributed by atoms with Crippen LogP contribution in [0.2, 0.25) is 0 Å². The average Bonchev–Trinajstić information content (AvgIpc) is 3.17. The van der Waals surface area contributed by atoms with Gasteiger partial charge in [0.25, 0.3) is 0 Å². The molecule has 2 aliphatic heterocycles. The van der Waals surface area contributed by atoms with Crippen LogP contribution in [0.5, 0.6) is 11.5 Å². The third-order valence-corrected chi connectivity index (χ3v) is 5.09. The van der Waals surface area contributed by atoms with E-state index in [0.717, 1.165) is 18.7 Å². The van der Waals surface area contributed by atoms with E-state index in [0.29, 0.717) is 17.5 Å². The van der Waals surface area contributed by atoms with Gasteiger partial charge in [0.15, 0.2) is 0 Å². The Hall–Kier alpha value is -1.26. The molecule has 116 valence electrons. The van der Waals surface area contributed by atoms with E-state index in [4.69, 9.17) is 4.74 Å². The van der Waals surface area contributed by atoms with Crippen molar-refractivity contribution in [3.8, 4) is 11.5 Å². The van der Waals surface area contributed by atoms with E-state index in [1.807, 2.05) is 12.1 Å². The van der Waals surface area contributed by atoms with Crippen molar-refractivity contribution < 1.29 is 9.84 Å². The molecular formula is C17H26N2O2. The average molecular weight is 290 g/mol. The summed E-state index contributed by atoms with van der Waals surface area (Å²) in [5, 5.41) is 10.2. The highest BCUT2D eigenvalue weighted by Crippen LogP contribution is 2.34. The Labute approximate surface area is 127 Å². The van der Waals surface area contributed by atoms with E-state index >= 15 is 0 Å². The highest BCUT2D eigenvalue weighted by Gasteiger charge is 2.32. The zero-order chi connectivity index (χ0) is 14.8. The van der Waals surface area contributed by atoms with Crippen LogP contribution in [-0.4, -0.2) is 54.2 Å². The Morgan fingerprint density at radius 1 is 1.24 bits per heavy atom. The van der Waals surface area contributed by atoms with E-state index in [1.54, 1.807) is 13.2 Å². The number of benzene rings is 1. The van der Waals surface area contributed by atoms with Gasteiger partial charge in [0, 0.05) is 36.8 Å². The molecule has 4 nitrogen and oxygen atoms in total. The fourth-order valence-corrected chi connectivity index (χ4v) is 3.73.